The lowest BCUT2D eigenvalue weighted by Gasteiger charge is -2.21. The van der Waals surface area contributed by atoms with Crippen molar-refractivity contribution in [1.29, 1.82) is 5.26 Å². The van der Waals surface area contributed by atoms with Crippen LogP contribution < -0.4 is 15.4 Å². The van der Waals surface area contributed by atoms with Crippen LogP contribution in [0.2, 0.25) is 0 Å². The van der Waals surface area contributed by atoms with Gasteiger partial charge in [-0.1, -0.05) is 0 Å². The predicted molar refractivity (Wildman–Crippen MR) is 122 cm³/mol. The molecule has 3 N–H and O–H groups in total. The molecule has 172 valence electrons. The molecule has 3 aromatic rings. The fourth-order valence-electron chi connectivity index (χ4n) is 4.74. The number of carbonyl (C=O) groups excluding carboxylic acids is 1. The number of aromatic nitrogens is 4. The summed E-state index contributed by atoms with van der Waals surface area (Å²) in [5.74, 6) is 0.842. The van der Waals surface area contributed by atoms with E-state index in [4.69, 9.17) is 9.47 Å². The van der Waals surface area contributed by atoms with E-state index in [0.29, 0.717) is 48.8 Å². The fourth-order valence-corrected chi connectivity index (χ4v) is 5.25. The number of nitrogens with zero attached hydrogens (tertiary/aromatic N) is 5. The van der Waals surface area contributed by atoms with Gasteiger partial charge in [0, 0.05) is 55.6 Å². The molecule has 0 spiro atoms. The summed E-state index contributed by atoms with van der Waals surface area (Å²) in [5, 5.41) is 17.3. The number of nitriles is 1. The van der Waals surface area contributed by atoms with E-state index < -0.39 is 0 Å². The lowest BCUT2D eigenvalue weighted by atomic mass is 10.0. The number of rotatable bonds is 7. The summed E-state index contributed by atoms with van der Waals surface area (Å²) < 4.78 is 14.4. The first-order valence-corrected chi connectivity index (χ1v) is 11.6. The van der Waals surface area contributed by atoms with Crippen LogP contribution in [0, 0.1) is 23.2 Å². The third kappa shape index (κ3) is 4.42. The first-order chi connectivity index (χ1) is 16.1. The Kier molecular flexibility index (Phi) is 5.97. The molecule has 2 amide bonds. The minimum atomic E-state index is -0.163. The number of anilines is 2. The number of aromatic amines is 1. The van der Waals surface area contributed by atoms with Crippen molar-refractivity contribution < 1.29 is 14.3 Å². The average Bonchev–Trinajstić information content (AvgIpc) is 3.58. The molecule has 1 aliphatic heterocycles. The Labute approximate surface area is 194 Å². The normalized spacial score (nSPS) is 21.7. The van der Waals surface area contributed by atoms with Crippen LogP contribution in [-0.2, 0) is 4.74 Å². The van der Waals surface area contributed by atoms with Gasteiger partial charge in [0.2, 0.25) is 5.13 Å². The van der Waals surface area contributed by atoms with Gasteiger partial charge in [-0.3, -0.25) is 5.32 Å². The van der Waals surface area contributed by atoms with Crippen LogP contribution in [0.25, 0.3) is 11.0 Å². The zero-order chi connectivity index (χ0) is 22.8. The third-order valence-corrected chi connectivity index (χ3v) is 6.85. The van der Waals surface area contributed by atoms with Crippen molar-refractivity contribution in [3.8, 4) is 12.1 Å². The monoisotopic (exact) mass is 468 g/mol. The number of carbonyl (C=O) groups is 1. The molecule has 4 heterocycles. The Morgan fingerprint density at radius 2 is 2.18 bits per heavy atom. The number of hydrogen-bond donors (Lipinski definition) is 3. The van der Waals surface area contributed by atoms with E-state index in [1.54, 1.807) is 13.3 Å². The van der Waals surface area contributed by atoms with Crippen LogP contribution in [0.15, 0.2) is 18.5 Å². The molecule has 0 aromatic carbocycles. The summed E-state index contributed by atoms with van der Waals surface area (Å²) in [6, 6.07) is 4.51. The van der Waals surface area contributed by atoms with Crippen LogP contribution in [0.1, 0.15) is 18.4 Å². The maximum atomic E-state index is 12.7. The summed E-state index contributed by atoms with van der Waals surface area (Å²) in [7, 11) is 1.59. The first kappa shape index (κ1) is 21.4. The Morgan fingerprint density at radius 1 is 1.36 bits per heavy atom. The van der Waals surface area contributed by atoms with E-state index >= 15 is 0 Å². The maximum absolute atomic E-state index is 12.7. The van der Waals surface area contributed by atoms with Crippen LogP contribution in [-0.4, -0.2) is 69.7 Å². The highest BCUT2D eigenvalue weighted by molar-refractivity contribution is 7.10. The minimum Gasteiger partial charge on any atom is -0.460 e. The van der Waals surface area contributed by atoms with Gasteiger partial charge in [0.1, 0.15) is 18.3 Å². The second-order valence-electron chi connectivity index (χ2n) is 8.29. The van der Waals surface area contributed by atoms with E-state index in [9.17, 15) is 10.1 Å². The van der Waals surface area contributed by atoms with Crippen molar-refractivity contribution in [1.82, 2.24) is 24.2 Å². The van der Waals surface area contributed by atoms with Gasteiger partial charge in [-0.2, -0.15) is 10.2 Å². The molecule has 5 rings (SSSR count). The Bertz CT molecular complexity index is 1170. The van der Waals surface area contributed by atoms with Crippen LogP contribution in [0.4, 0.5) is 15.6 Å². The molecular weight excluding hydrogens is 444 g/mol. The van der Waals surface area contributed by atoms with Gasteiger partial charge < -0.3 is 24.7 Å². The summed E-state index contributed by atoms with van der Waals surface area (Å²) in [6.07, 6.45) is 5.33. The van der Waals surface area contributed by atoms with Gasteiger partial charge in [-0.25, -0.2) is 9.78 Å². The van der Waals surface area contributed by atoms with Gasteiger partial charge in [-0.05, 0) is 30.7 Å². The number of hydrogen-bond acceptors (Lipinski definition) is 9. The maximum Gasteiger partial charge on any atom is 0.330 e. The SMILES string of the molecule is COCCOc1nsc(NC(=O)N2C[C@H]3CC(Nc4c(C#N)cnc5[nH]ccc45)C[C@H]3C2)n1. The molecule has 11 nitrogen and oxygen atoms in total. The Balaban J connectivity index is 1.16. The van der Waals surface area contributed by atoms with Gasteiger partial charge in [-0.15, -0.1) is 4.37 Å². The Morgan fingerprint density at radius 3 is 2.94 bits per heavy atom. The molecule has 0 bridgehead atoms. The molecule has 1 unspecified atom stereocenters. The number of pyridine rings is 1. The molecule has 12 heteroatoms. The standard InChI is InChI=1S/C21H24N8O3S/c1-31-4-5-32-19-26-20(33-28-19)27-21(30)29-10-12-6-15(7-13(12)11-29)25-17-14(8-22)9-24-18-16(17)2-3-23-18/h2-3,9,12-13,15H,4-7,10-11H2,1H3,(H2,23,24,25)(H,26,27,28,30)/t12-,13+,15?. The molecule has 2 fully saturated rings. The predicted octanol–water partition coefficient (Wildman–Crippen LogP) is 2.67. The van der Waals surface area contributed by atoms with Crippen LogP contribution in [0.5, 0.6) is 6.01 Å². The van der Waals surface area contributed by atoms with Gasteiger partial charge in [0.25, 0.3) is 0 Å². The molecule has 3 atom stereocenters. The highest BCUT2D eigenvalue weighted by atomic mass is 32.1. The number of methoxy groups -OCH3 is 1. The van der Waals surface area contributed by atoms with Crippen molar-refractivity contribution in [2.24, 2.45) is 11.8 Å². The highest BCUT2D eigenvalue weighted by Crippen LogP contribution is 2.40. The van der Waals surface area contributed by atoms with E-state index in [0.717, 1.165) is 41.1 Å². The second-order valence-corrected chi connectivity index (χ2v) is 9.04. The number of amides is 2. The van der Waals surface area contributed by atoms with Gasteiger partial charge >= 0.3 is 12.0 Å². The van der Waals surface area contributed by atoms with Crippen molar-refractivity contribution in [3.05, 3.63) is 24.0 Å². The van der Waals surface area contributed by atoms with Crippen LogP contribution in [0.3, 0.4) is 0 Å². The summed E-state index contributed by atoms with van der Waals surface area (Å²) >= 11 is 1.09. The van der Waals surface area contributed by atoms with E-state index in [1.165, 1.54) is 0 Å². The number of fused-ring (bicyclic) bond motifs is 2. The third-order valence-electron chi connectivity index (χ3n) is 6.23. The van der Waals surface area contributed by atoms with Crippen molar-refractivity contribution >= 4 is 39.4 Å². The zero-order valence-corrected chi connectivity index (χ0v) is 18.9. The molecule has 2 aliphatic rings. The zero-order valence-electron chi connectivity index (χ0n) is 18.1. The van der Waals surface area contributed by atoms with E-state index in [-0.39, 0.29) is 18.1 Å². The summed E-state index contributed by atoms with van der Waals surface area (Å²) in [4.78, 5) is 26.1. The first-order valence-electron chi connectivity index (χ1n) is 10.8. The molecule has 1 aliphatic carbocycles. The summed E-state index contributed by atoms with van der Waals surface area (Å²) in [5.41, 5.74) is 2.15. The molecule has 33 heavy (non-hydrogen) atoms. The number of nitrogens with one attached hydrogen (secondary N) is 3. The minimum absolute atomic E-state index is 0.163. The molecule has 0 radical (unpaired) electrons. The van der Waals surface area contributed by atoms with E-state index in [2.05, 4.69) is 36.0 Å². The van der Waals surface area contributed by atoms with Gasteiger partial charge in [0.05, 0.1) is 17.9 Å². The number of likely N-dealkylation sites (tertiary alicyclic amines) is 1. The molecule has 1 saturated carbocycles. The molecule has 1 saturated heterocycles. The fraction of sp³-hybridized carbons (Fsp3) is 0.476. The largest absolute Gasteiger partial charge is 0.460 e. The lowest BCUT2D eigenvalue weighted by molar-refractivity contribution is 0.141. The smallest absolute Gasteiger partial charge is 0.330 e. The van der Waals surface area contributed by atoms with Gasteiger partial charge in [0.15, 0.2) is 0 Å². The average molecular weight is 469 g/mol. The van der Waals surface area contributed by atoms with Crippen molar-refractivity contribution in [2.45, 2.75) is 18.9 Å². The van der Waals surface area contributed by atoms with Crippen LogP contribution >= 0.6 is 11.5 Å². The van der Waals surface area contributed by atoms with E-state index in [1.807, 2.05) is 17.2 Å². The number of urea groups is 1. The summed E-state index contributed by atoms with van der Waals surface area (Å²) in [6.45, 7) is 2.20. The number of H-pyrrole nitrogens is 1. The molecular formula is C21H24N8O3S. The Hall–Kier alpha value is -3.43. The highest BCUT2D eigenvalue weighted by Gasteiger charge is 2.42. The quantitative estimate of drug-likeness (QED) is 0.450. The lowest BCUT2D eigenvalue weighted by Crippen LogP contribution is -2.34. The van der Waals surface area contributed by atoms with Crippen molar-refractivity contribution in [2.75, 3.05) is 44.0 Å². The number of ether oxygens (including phenoxy) is 2. The molecule has 3 aromatic heterocycles. The topological polar surface area (TPSA) is 141 Å². The van der Waals surface area contributed by atoms with Crippen molar-refractivity contribution in [3.63, 3.8) is 0 Å². The second kappa shape index (κ2) is 9.21.